The molecule has 3 heterocycles. The lowest BCUT2D eigenvalue weighted by Crippen LogP contribution is -2.29. The van der Waals surface area contributed by atoms with Crippen LogP contribution in [0, 0.1) is 0 Å². The van der Waals surface area contributed by atoms with E-state index in [0.29, 0.717) is 11.8 Å². The third kappa shape index (κ3) is 2.68. The zero-order valence-corrected chi connectivity index (χ0v) is 11.2. The summed E-state index contributed by atoms with van der Waals surface area (Å²) in [6.07, 6.45) is 5.65. The van der Waals surface area contributed by atoms with Crippen molar-refractivity contribution in [3.8, 4) is 0 Å². The van der Waals surface area contributed by atoms with Gasteiger partial charge in [0, 0.05) is 31.0 Å². The van der Waals surface area contributed by atoms with Gasteiger partial charge < -0.3 is 10.1 Å². The number of nitrogens with one attached hydrogen (secondary N) is 1. The zero-order chi connectivity index (χ0) is 13.1. The quantitative estimate of drug-likeness (QED) is 0.907. The van der Waals surface area contributed by atoms with Gasteiger partial charge in [0.25, 0.3) is 5.78 Å². The van der Waals surface area contributed by atoms with Gasteiger partial charge in [-0.2, -0.15) is 14.6 Å². The van der Waals surface area contributed by atoms with Gasteiger partial charge in [-0.05, 0) is 19.3 Å². The molecule has 0 aliphatic carbocycles. The molecule has 0 saturated carbocycles. The van der Waals surface area contributed by atoms with E-state index in [0.717, 1.165) is 50.4 Å². The largest absolute Gasteiger partial charge is 0.381 e. The number of rotatable bonds is 4. The maximum absolute atomic E-state index is 5.39. The molecule has 1 aliphatic rings. The van der Waals surface area contributed by atoms with Gasteiger partial charge in [0.2, 0.25) is 0 Å². The summed E-state index contributed by atoms with van der Waals surface area (Å²) in [7, 11) is 0. The van der Waals surface area contributed by atoms with Crippen molar-refractivity contribution >= 4 is 11.6 Å². The van der Waals surface area contributed by atoms with Gasteiger partial charge in [0.05, 0.1) is 0 Å². The van der Waals surface area contributed by atoms with Gasteiger partial charge in [0.1, 0.15) is 12.1 Å². The second-order valence-corrected chi connectivity index (χ2v) is 4.89. The van der Waals surface area contributed by atoms with Crippen molar-refractivity contribution in [2.75, 3.05) is 18.5 Å². The molecule has 3 rings (SSSR count). The van der Waals surface area contributed by atoms with E-state index in [1.807, 2.05) is 0 Å². The van der Waals surface area contributed by atoms with Gasteiger partial charge in [-0.25, -0.2) is 4.98 Å². The molecule has 102 valence electrons. The molecule has 1 N–H and O–H groups in total. The molecule has 2 aromatic rings. The monoisotopic (exact) mass is 261 g/mol. The van der Waals surface area contributed by atoms with Crippen LogP contribution in [0.25, 0.3) is 5.78 Å². The zero-order valence-electron chi connectivity index (χ0n) is 11.2. The normalized spacial score (nSPS) is 16.9. The fourth-order valence-corrected chi connectivity index (χ4v) is 2.40. The number of hydrogen-bond acceptors (Lipinski definition) is 5. The van der Waals surface area contributed by atoms with E-state index < -0.39 is 0 Å². The van der Waals surface area contributed by atoms with Crippen molar-refractivity contribution in [1.82, 2.24) is 19.6 Å². The minimum Gasteiger partial charge on any atom is -0.381 e. The van der Waals surface area contributed by atoms with Crippen molar-refractivity contribution in [3.63, 3.8) is 0 Å². The molecule has 19 heavy (non-hydrogen) atoms. The van der Waals surface area contributed by atoms with Crippen LogP contribution in [0.3, 0.4) is 0 Å². The third-order valence-corrected chi connectivity index (χ3v) is 3.38. The predicted molar refractivity (Wildman–Crippen MR) is 72.2 cm³/mol. The molecule has 6 nitrogen and oxygen atoms in total. The lowest BCUT2D eigenvalue weighted by Gasteiger charge is -2.24. The van der Waals surface area contributed by atoms with Crippen molar-refractivity contribution in [1.29, 1.82) is 0 Å². The topological polar surface area (TPSA) is 64.3 Å². The van der Waals surface area contributed by atoms with Crippen LogP contribution >= 0.6 is 0 Å². The molecular weight excluding hydrogens is 242 g/mol. The summed E-state index contributed by atoms with van der Waals surface area (Å²) in [5.41, 5.74) is 1.07. The highest BCUT2D eigenvalue weighted by molar-refractivity contribution is 5.45. The minimum absolute atomic E-state index is 0.443. The lowest BCUT2D eigenvalue weighted by atomic mass is 10.1. The first-order valence-electron chi connectivity index (χ1n) is 6.90. The molecule has 6 heteroatoms. The highest BCUT2D eigenvalue weighted by Crippen LogP contribution is 2.17. The number of anilines is 1. The van der Waals surface area contributed by atoms with Gasteiger partial charge in [0.15, 0.2) is 0 Å². The predicted octanol–water partition coefficient (Wildman–Crippen LogP) is 1.67. The molecule has 0 aromatic carbocycles. The Morgan fingerprint density at radius 2 is 2.26 bits per heavy atom. The lowest BCUT2D eigenvalue weighted by molar-refractivity contribution is 0.0903. The maximum Gasteiger partial charge on any atom is 0.254 e. The molecule has 0 spiro atoms. The van der Waals surface area contributed by atoms with Gasteiger partial charge >= 0.3 is 0 Å². The highest BCUT2D eigenvalue weighted by atomic mass is 16.5. The van der Waals surface area contributed by atoms with Crippen LogP contribution < -0.4 is 5.32 Å². The van der Waals surface area contributed by atoms with E-state index in [4.69, 9.17) is 4.74 Å². The second-order valence-electron chi connectivity index (χ2n) is 4.89. The Balaban J connectivity index is 1.88. The number of aryl methyl sites for hydroxylation is 1. The number of ether oxygens (including phenoxy) is 1. The van der Waals surface area contributed by atoms with E-state index in [9.17, 15) is 0 Å². The molecule has 0 bridgehead atoms. The van der Waals surface area contributed by atoms with Crippen LogP contribution in [0.1, 0.15) is 31.9 Å². The first-order valence-corrected chi connectivity index (χ1v) is 6.90. The Morgan fingerprint density at radius 3 is 3.05 bits per heavy atom. The second kappa shape index (κ2) is 5.52. The summed E-state index contributed by atoms with van der Waals surface area (Å²) in [6.45, 7) is 3.80. The van der Waals surface area contributed by atoms with E-state index in [1.54, 1.807) is 10.8 Å². The summed E-state index contributed by atoms with van der Waals surface area (Å²) < 4.78 is 7.16. The van der Waals surface area contributed by atoms with E-state index in [2.05, 4.69) is 33.4 Å². The van der Waals surface area contributed by atoms with Gasteiger partial charge in [-0.15, -0.1) is 0 Å². The molecule has 1 saturated heterocycles. The highest BCUT2D eigenvalue weighted by Gasteiger charge is 2.16. The van der Waals surface area contributed by atoms with Crippen LogP contribution in [0.15, 0.2) is 12.4 Å². The number of nitrogens with zero attached hydrogens (tertiary/aromatic N) is 4. The summed E-state index contributed by atoms with van der Waals surface area (Å²) >= 11 is 0. The van der Waals surface area contributed by atoms with Crippen LogP contribution in [-0.4, -0.2) is 38.8 Å². The number of fused-ring (bicyclic) bond motifs is 1. The van der Waals surface area contributed by atoms with Crippen molar-refractivity contribution in [3.05, 3.63) is 18.1 Å². The SMILES string of the molecule is CCCc1cc(NC2CCOCC2)n2ncnc2n1. The van der Waals surface area contributed by atoms with Crippen molar-refractivity contribution in [2.24, 2.45) is 0 Å². The molecule has 0 amide bonds. The fraction of sp³-hybridized carbons (Fsp3) is 0.615. The molecule has 2 aromatic heterocycles. The van der Waals surface area contributed by atoms with Gasteiger partial charge in [-0.1, -0.05) is 13.3 Å². The fourth-order valence-electron chi connectivity index (χ4n) is 2.40. The van der Waals surface area contributed by atoms with E-state index in [1.165, 1.54) is 0 Å². The van der Waals surface area contributed by atoms with Crippen molar-refractivity contribution < 1.29 is 4.74 Å². The first kappa shape index (κ1) is 12.3. The Kier molecular flexibility index (Phi) is 3.59. The van der Waals surface area contributed by atoms with Crippen molar-refractivity contribution in [2.45, 2.75) is 38.6 Å². The molecule has 1 fully saturated rings. The number of aromatic nitrogens is 4. The average Bonchev–Trinajstić information content (AvgIpc) is 2.89. The maximum atomic E-state index is 5.39. The standard InChI is InChI=1S/C13H19N5O/c1-2-3-11-8-12(16-10-4-6-19-7-5-10)18-13(17-11)14-9-15-18/h8-10,16H,2-7H2,1H3. The molecule has 0 radical (unpaired) electrons. The van der Waals surface area contributed by atoms with Crippen LogP contribution in [-0.2, 0) is 11.2 Å². The van der Waals surface area contributed by atoms with E-state index in [-0.39, 0.29) is 0 Å². The van der Waals surface area contributed by atoms with Crippen LogP contribution in [0.5, 0.6) is 0 Å². The number of hydrogen-bond donors (Lipinski definition) is 1. The summed E-state index contributed by atoms with van der Waals surface area (Å²) in [6, 6.07) is 2.53. The Labute approximate surface area is 112 Å². The average molecular weight is 261 g/mol. The summed E-state index contributed by atoms with van der Waals surface area (Å²) in [5.74, 6) is 1.65. The molecule has 1 aliphatic heterocycles. The molecule has 0 unspecified atom stereocenters. The Hall–Kier alpha value is -1.69. The smallest absolute Gasteiger partial charge is 0.254 e. The Morgan fingerprint density at radius 1 is 1.42 bits per heavy atom. The summed E-state index contributed by atoms with van der Waals surface area (Å²) in [5, 5.41) is 7.78. The van der Waals surface area contributed by atoms with Gasteiger partial charge in [-0.3, -0.25) is 0 Å². The summed E-state index contributed by atoms with van der Waals surface area (Å²) in [4.78, 5) is 8.69. The molecular formula is C13H19N5O. The first-order chi connectivity index (χ1) is 9.36. The Bertz CT molecular complexity index is 547. The van der Waals surface area contributed by atoms with E-state index >= 15 is 0 Å². The molecule has 0 atom stereocenters. The van der Waals surface area contributed by atoms with Crippen LogP contribution in [0.2, 0.25) is 0 Å². The van der Waals surface area contributed by atoms with Crippen LogP contribution in [0.4, 0.5) is 5.82 Å². The minimum atomic E-state index is 0.443. The third-order valence-electron chi connectivity index (χ3n) is 3.38.